The standard InChI is InChI=1S/C19H15N5O/c1-2-7-17-15(5-1)10-11-20-18(17)13-25-16-6-3-4-14(12-16)8-9-19-21-23-24-22-19/h1-12H,13H2,(H,21,22,23,24)/b9-8+. The Morgan fingerprint density at radius 2 is 1.96 bits per heavy atom. The first-order valence-corrected chi connectivity index (χ1v) is 7.86. The van der Waals surface area contributed by atoms with Crippen molar-refractivity contribution in [1.29, 1.82) is 0 Å². The number of hydrogen-bond acceptors (Lipinski definition) is 5. The van der Waals surface area contributed by atoms with Crippen molar-refractivity contribution in [3.63, 3.8) is 0 Å². The van der Waals surface area contributed by atoms with Gasteiger partial charge in [0.1, 0.15) is 12.4 Å². The summed E-state index contributed by atoms with van der Waals surface area (Å²) >= 11 is 0. The maximum atomic E-state index is 5.93. The summed E-state index contributed by atoms with van der Waals surface area (Å²) in [5.41, 5.74) is 1.92. The lowest BCUT2D eigenvalue weighted by atomic mass is 10.1. The molecule has 0 saturated carbocycles. The van der Waals surface area contributed by atoms with Crippen LogP contribution in [0.5, 0.6) is 5.75 Å². The Labute approximate surface area is 144 Å². The first kappa shape index (κ1) is 15.0. The van der Waals surface area contributed by atoms with Gasteiger partial charge in [-0.1, -0.05) is 42.5 Å². The topological polar surface area (TPSA) is 76.6 Å². The summed E-state index contributed by atoms with van der Waals surface area (Å²) in [5, 5.41) is 15.8. The number of nitrogens with one attached hydrogen (secondary N) is 1. The summed E-state index contributed by atoms with van der Waals surface area (Å²) in [4.78, 5) is 4.45. The van der Waals surface area contributed by atoms with E-state index < -0.39 is 0 Å². The summed E-state index contributed by atoms with van der Waals surface area (Å²) < 4.78 is 5.93. The van der Waals surface area contributed by atoms with E-state index in [0.29, 0.717) is 12.4 Å². The molecule has 0 aliphatic heterocycles. The molecule has 2 aromatic heterocycles. The minimum absolute atomic E-state index is 0.417. The van der Waals surface area contributed by atoms with E-state index in [1.165, 1.54) is 0 Å². The molecule has 0 radical (unpaired) electrons. The van der Waals surface area contributed by atoms with Crippen molar-refractivity contribution in [1.82, 2.24) is 25.6 Å². The van der Waals surface area contributed by atoms with Crippen LogP contribution in [0, 0.1) is 0 Å². The quantitative estimate of drug-likeness (QED) is 0.606. The average Bonchev–Trinajstić information content (AvgIpc) is 3.19. The van der Waals surface area contributed by atoms with Crippen LogP contribution in [-0.2, 0) is 6.61 Å². The van der Waals surface area contributed by atoms with Crippen molar-refractivity contribution in [2.75, 3.05) is 0 Å². The first-order valence-electron chi connectivity index (χ1n) is 7.86. The van der Waals surface area contributed by atoms with Gasteiger partial charge in [-0.3, -0.25) is 4.98 Å². The van der Waals surface area contributed by atoms with Crippen molar-refractivity contribution in [2.45, 2.75) is 6.61 Å². The third-order valence-electron chi connectivity index (χ3n) is 3.79. The van der Waals surface area contributed by atoms with Gasteiger partial charge >= 0.3 is 0 Å². The summed E-state index contributed by atoms with van der Waals surface area (Å²) in [5.74, 6) is 1.39. The highest BCUT2D eigenvalue weighted by molar-refractivity contribution is 5.84. The number of benzene rings is 2. The predicted molar refractivity (Wildman–Crippen MR) is 95.6 cm³/mol. The molecule has 0 aliphatic rings. The number of rotatable bonds is 5. The fourth-order valence-electron chi connectivity index (χ4n) is 2.57. The van der Waals surface area contributed by atoms with E-state index in [0.717, 1.165) is 27.8 Å². The van der Waals surface area contributed by atoms with Crippen LogP contribution in [0.4, 0.5) is 0 Å². The molecule has 2 heterocycles. The summed E-state index contributed by atoms with van der Waals surface area (Å²) in [6.07, 6.45) is 5.54. The van der Waals surface area contributed by atoms with Gasteiger partial charge in [-0.05, 0) is 45.7 Å². The molecule has 0 aliphatic carbocycles. The second-order valence-electron chi connectivity index (χ2n) is 5.46. The molecule has 0 unspecified atom stereocenters. The highest BCUT2D eigenvalue weighted by Crippen LogP contribution is 2.20. The number of tetrazole rings is 1. The summed E-state index contributed by atoms with van der Waals surface area (Å²) in [6, 6.07) is 18.0. The molecule has 0 spiro atoms. The number of H-pyrrole nitrogens is 1. The highest BCUT2D eigenvalue weighted by atomic mass is 16.5. The Kier molecular flexibility index (Phi) is 4.16. The second-order valence-corrected chi connectivity index (χ2v) is 5.46. The van der Waals surface area contributed by atoms with Crippen LogP contribution in [0.1, 0.15) is 17.1 Å². The predicted octanol–water partition coefficient (Wildman–Crippen LogP) is 3.50. The van der Waals surface area contributed by atoms with Gasteiger partial charge in [0.25, 0.3) is 0 Å². The van der Waals surface area contributed by atoms with Crippen LogP contribution in [0.2, 0.25) is 0 Å². The van der Waals surface area contributed by atoms with Crippen molar-refractivity contribution >= 4 is 22.9 Å². The summed E-state index contributed by atoms with van der Waals surface area (Å²) in [7, 11) is 0. The second kappa shape index (κ2) is 6.92. The number of fused-ring (bicyclic) bond motifs is 1. The molecule has 6 nitrogen and oxygen atoms in total. The molecule has 6 heteroatoms. The molecule has 0 bridgehead atoms. The highest BCUT2D eigenvalue weighted by Gasteiger charge is 2.03. The van der Waals surface area contributed by atoms with E-state index in [1.807, 2.05) is 60.8 Å². The number of hydrogen-bond donors (Lipinski definition) is 1. The van der Waals surface area contributed by atoms with Crippen LogP contribution >= 0.6 is 0 Å². The smallest absolute Gasteiger partial charge is 0.172 e. The van der Waals surface area contributed by atoms with Crippen LogP contribution in [0.3, 0.4) is 0 Å². The molecule has 0 atom stereocenters. The number of pyridine rings is 1. The molecule has 122 valence electrons. The Balaban J connectivity index is 1.50. The SMILES string of the molecule is C(=C\c1nnn[nH]1)/c1cccc(OCc2nccc3ccccc23)c1. The molecule has 4 rings (SSSR count). The zero-order valence-electron chi connectivity index (χ0n) is 13.3. The van der Waals surface area contributed by atoms with Gasteiger partial charge in [0.15, 0.2) is 5.82 Å². The van der Waals surface area contributed by atoms with E-state index in [2.05, 4.69) is 37.7 Å². The lowest BCUT2D eigenvalue weighted by Crippen LogP contribution is -1.99. The maximum absolute atomic E-state index is 5.93. The van der Waals surface area contributed by atoms with E-state index in [1.54, 1.807) is 0 Å². The van der Waals surface area contributed by atoms with Crippen molar-refractivity contribution < 1.29 is 4.74 Å². The molecule has 25 heavy (non-hydrogen) atoms. The van der Waals surface area contributed by atoms with Crippen LogP contribution in [0.15, 0.2) is 60.8 Å². The zero-order valence-corrected chi connectivity index (χ0v) is 13.3. The molecule has 0 fully saturated rings. The van der Waals surface area contributed by atoms with Crippen LogP contribution in [-0.4, -0.2) is 25.6 Å². The largest absolute Gasteiger partial charge is 0.487 e. The third-order valence-corrected chi connectivity index (χ3v) is 3.79. The fraction of sp³-hybridized carbons (Fsp3) is 0.0526. The van der Waals surface area contributed by atoms with E-state index >= 15 is 0 Å². The van der Waals surface area contributed by atoms with Crippen molar-refractivity contribution in [2.24, 2.45) is 0 Å². The molecule has 1 N–H and O–H groups in total. The Morgan fingerprint density at radius 1 is 1.00 bits per heavy atom. The number of aromatic amines is 1. The summed E-state index contributed by atoms with van der Waals surface area (Å²) in [6.45, 7) is 0.417. The van der Waals surface area contributed by atoms with Gasteiger partial charge in [0.05, 0.1) is 5.69 Å². The first-order chi connectivity index (χ1) is 12.4. The van der Waals surface area contributed by atoms with Crippen LogP contribution in [0.25, 0.3) is 22.9 Å². The maximum Gasteiger partial charge on any atom is 0.172 e. The number of aromatic nitrogens is 5. The Morgan fingerprint density at radius 3 is 2.88 bits per heavy atom. The molecule has 0 saturated heterocycles. The zero-order chi connectivity index (χ0) is 16.9. The number of nitrogens with zero attached hydrogens (tertiary/aromatic N) is 4. The fourth-order valence-corrected chi connectivity index (χ4v) is 2.57. The van der Waals surface area contributed by atoms with Gasteiger partial charge in [0.2, 0.25) is 0 Å². The monoisotopic (exact) mass is 329 g/mol. The molecular weight excluding hydrogens is 314 g/mol. The minimum Gasteiger partial charge on any atom is -0.487 e. The Hall–Kier alpha value is -3.54. The lowest BCUT2D eigenvalue weighted by molar-refractivity contribution is 0.303. The van der Waals surface area contributed by atoms with Gasteiger partial charge in [-0.2, -0.15) is 0 Å². The van der Waals surface area contributed by atoms with Gasteiger partial charge in [0, 0.05) is 11.6 Å². The van der Waals surface area contributed by atoms with E-state index in [9.17, 15) is 0 Å². The average molecular weight is 329 g/mol. The van der Waals surface area contributed by atoms with Crippen molar-refractivity contribution in [3.05, 3.63) is 77.9 Å². The van der Waals surface area contributed by atoms with Crippen LogP contribution < -0.4 is 4.74 Å². The lowest BCUT2D eigenvalue weighted by Gasteiger charge is -2.08. The van der Waals surface area contributed by atoms with Gasteiger partial charge < -0.3 is 4.74 Å². The molecular formula is C19H15N5O. The van der Waals surface area contributed by atoms with E-state index in [-0.39, 0.29) is 0 Å². The Bertz CT molecular complexity index is 1010. The normalized spacial score (nSPS) is 11.2. The molecule has 0 amide bonds. The third kappa shape index (κ3) is 3.53. The van der Waals surface area contributed by atoms with E-state index in [4.69, 9.17) is 4.74 Å². The molecule has 4 aromatic rings. The van der Waals surface area contributed by atoms with Crippen molar-refractivity contribution in [3.8, 4) is 5.75 Å². The molecule has 2 aromatic carbocycles. The van der Waals surface area contributed by atoms with Gasteiger partial charge in [-0.25, -0.2) is 5.10 Å². The minimum atomic E-state index is 0.417. The number of ether oxygens (including phenoxy) is 1. The van der Waals surface area contributed by atoms with Gasteiger partial charge in [-0.15, -0.1) is 5.10 Å².